The third kappa shape index (κ3) is 1.83. The summed E-state index contributed by atoms with van der Waals surface area (Å²) in [5.74, 6) is 0.847. The second-order valence-electron chi connectivity index (χ2n) is 3.53. The van der Waals surface area contributed by atoms with Gasteiger partial charge in [-0.25, -0.2) is 4.98 Å². The number of hydrogen-bond acceptors (Lipinski definition) is 3. The molecule has 1 aliphatic rings. The van der Waals surface area contributed by atoms with E-state index in [1.54, 1.807) is 0 Å². The van der Waals surface area contributed by atoms with Crippen LogP contribution in [0.4, 0.5) is 5.95 Å². The van der Waals surface area contributed by atoms with E-state index in [1.807, 2.05) is 13.1 Å². The Morgan fingerprint density at radius 1 is 1.69 bits per heavy atom. The van der Waals surface area contributed by atoms with Gasteiger partial charge in [-0.3, -0.25) is 0 Å². The van der Waals surface area contributed by atoms with Crippen LogP contribution in [0.15, 0.2) is 6.20 Å². The normalized spacial score (nSPS) is 27.8. The molecule has 0 bridgehead atoms. The molecule has 0 radical (unpaired) electrons. The predicted molar refractivity (Wildman–Crippen MR) is 50.8 cm³/mol. The molecule has 0 aromatic carbocycles. The van der Waals surface area contributed by atoms with Gasteiger partial charge in [0.2, 0.25) is 5.95 Å². The van der Waals surface area contributed by atoms with Crippen LogP contribution in [0.5, 0.6) is 0 Å². The lowest BCUT2D eigenvalue weighted by atomic mass is 10.2. The zero-order valence-corrected chi connectivity index (χ0v) is 8.00. The molecule has 4 nitrogen and oxygen atoms in total. The van der Waals surface area contributed by atoms with Crippen molar-refractivity contribution in [1.82, 2.24) is 9.97 Å². The lowest BCUT2D eigenvalue weighted by molar-refractivity contribution is 0.121. The van der Waals surface area contributed by atoms with Gasteiger partial charge < -0.3 is 15.0 Å². The fourth-order valence-electron chi connectivity index (χ4n) is 1.58. The molecule has 1 fully saturated rings. The van der Waals surface area contributed by atoms with Crippen molar-refractivity contribution in [3.8, 4) is 0 Å². The van der Waals surface area contributed by atoms with Gasteiger partial charge in [0.05, 0.1) is 12.1 Å². The van der Waals surface area contributed by atoms with Gasteiger partial charge in [-0.15, -0.1) is 0 Å². The highest BCUT2D eigenvalue weighted by Crippen LogP contribution is 2.16. The summed E-state index contributed by atoms with van der Waals surface area (Å²) in [6, 6.07) is 0.394. The Morgan fingerprint density at radius 2 is 2.54 bits per heavy atom. The molecule has 2 heterocycles. The summed E-state index contributed by atoms with van der Waals surface area (Å²) in [4.78, 5) is 7.34. The minimum atomic E-state index is 0.283. The number of imidazole rings is 1. The number of rotatable bonds is 2. The molecule has 2 N–H and O–H groups in total. The first-order valence-electron chi connectivity index (χ1n) is 4.65. The maximum atomic E-state index is 5.44. The van der Waals surface area contributed by atoms with E-state index in [0.717, 1.165) is 24.7 Å². The van der Waals surface area contributed by atoms with E-state index in [0.29, 0.717) is 6.04 Å². The number of aryl methyl sites for hydroxylation is 1. The van der Waals surface area contributed by atoms with Gasteiger partial charge in [0, 0.05) is 18.5 Å². The van der Waals surface area contributed by atoms with Crippen LogP contribution in [0.1, 0.15) is 19.0 Å². The van der Waals surface area contributed by atoms with Gasteiger partial charge in [0.1, 0.15) is 0 Å². The van der Waals surface area contributed by atoms with E-state index < -0.39 is 0 Å². The Morgan fingerprint density at radius 3 is 3.08 bits per heavy atom. The number of hydrogen-bond donors (Lipinski definition) is 2. The van der Waals surface area contributed by atoms with Crippen molar-refractivity contribution in [2.24, 2.45) is 0 Å². The van der Waals surface area contributed by atoms with E-state index in [4.69, 9.17) is 4.74 Å². The van der Waals surface area contributed by atoms with E-state index in [-0.39, 0.29) is 6.10 Å². The summed E-state index contributed by atoms with van der Waals surface area (Å²) in [7, 11) is 0. The molecule has 1 aliphatic heterocycles. The van der Waals surface area contributed by atoms with Gasteiger partial charge in [0.25, 0.3) is 0 Å². The maximum Gasteiger partial charge on any atom is 0.200 e. The molecule has 0 saturated carbocycles. The number of aromatic nitrogens is 2. The fraction of sp³-hybridized carbons (Fsp3) is 0.667. The van der Waals surface area contributed by atoms with Crippen molar-refractivity contribution >= 4 is 5.95 Å². The van der Waals surface area contributed by atoms with Crippen LogP contribution in [0.3, 0.4) is 0 Å². The van der Waals surface area contributed by atoms with Crippen molar-refractivity contribution in [2.45, 2.75) is 32.4 Å². The maximum absolute atomic E-state index is 5.44. The van der Waals surface area contributed by atoms with Gasteiger partial charge in [-0.2, -0.15) is 0 Å². The summed E-state index contributed by atoms with van der Waals surface area (Å²) < 4.78 is 5.44. The minimum absolute atomic E-state index is 0.283. The molecule has 2 unspecified atom stereocenters. The van der Waals surface area contributed by atoms with Crippen LogP contribution in [0.2, 0.25) is 0 Å². The minimum Gasteiger partial charge on any atom is -0.376 e. The van der Waals surface area contributed by atoms with Crippen LogP contribution < -0.4 is 5.32 Å². The average Bonchev–Trinajstić information content (AvgIpc) is 2.64. The molecule has 4 heteroatoms. The van der Waals surface area contributed by atoms with Gasteiger partial charge in [-0.05, 0) is 20.3 Å². The smallest absolute Gasteiger partial charge is 0.200 e. The molecule has 2 atom stereocenters. The molecular formula is C9H15N3O. The Hall–Kier alpha value is -1.03. The van der Waals surface area contributed by atoms with Crippen molar-refractivity contribution in [1.29, 1.82) is 0 Å². The summed E-state index contributed by atoms with van der Waals surface area (Å²) in [6.07, 6.45) is 3.16. The highest BCUT2D eigenvalue weighted by molar-refractivity contribution is 5.28. The van der Waals surface area contributed by atoms with Crippen LogP contribution in [0.25, 0.3) is 0 Å². The number of nitrogens with zero attached hydrogens (tertiary/aromatic N) is 1. The highest BCUT2D eigenvalue weighted by Gasteiger charge is 2.24. The van der Waals surface area contributed by atoms with Crippen LogP contribution >= 0.6 is 0 Å². The zero-order valence-electron chi connectivity index (χ0n) is 8.00. The SMILES string of the molecule is Cc1cnc(NC2CCOC2C)[nH]1. The molecule has 0 aliphatic carbocycles. The van der Waals surface area contributed by atoms with Crippen LogP contribution in [0, 0.1) is 6.92 Å². The number of aromatic amines is 1. The second kappa shape index (κ2) is 3.38. The van der Waals surface area contributed by atoms with Crippen molar-refractivity contribution in [2.75, 3.05) is 11.9 Å². The Labute approximate surface area is 77.7 Å². The molecule has 72 valence electrons. The third-order valence-electron chi connectivity index (χ3n) is 2.40. The van der Waals surface area contributed by atoms with Crippen molar-refractivity contribution in [3.05, 3.63) is 11.9 Å². The van der Waals surface area contributed by atoms with E-state index in [9.17, 15) is 0 Å². The Bertz CT molecular complexity index is 284. The van der Waals surface area contributed by atoms with Gasteiger partial charge in [0.15, 0.2) is 0 Å². The molecule has 1 saturated heterocycles. The lowest BCUT2D eigenvalue weighted by Gasteiger charge is -2.14. The second-order valence-corrected chi connectivity index (χ2v) is 3.53. The van der Waals surface area contributed by atoms with E-state index in [2.05, 4.69) is 22.2 Å². The molecule has 1 aromatic heterocycles. The Kier molecular flexibility index (Phi) is 2.22. The number of ether oxygens (including phenoxy) is 1. The molecule has 2 rings (SSSR count). The number of anilines is 1. The summed E-state index contributed by atoms with van der Waals surface area (Å²) in [6.45, 7) is 4.92. The van der Waals surface area contributed by atoms with Gasteiger partial charge >= 0.3 is 0 Å². The van der Waals surface area contributed by atoms with Crippen molar-refractivity contribution in [3.63, 3.8) is 0 Å². The molecule has 0 spiro atoms. The zero-order chi connectivity index (χ0) is 9.26. The quantitative estimate of drug-likeness (QED) is 0.723. The fourth-order valence-corrected chi connectivity index (χ4v) is 1.58. The van der Waals surface area contributed by atoms with Gasteiger partial charge in [-0.1, -0.05) is 0 Å². The van der Waals surface area contributed by atoms with Crippen LogP contribution in [-0.2, 0) is 4.74 Å². The third-order valence-corrected chi connectivity index (χ3v) is 2.40. The lowest BCUT2D eigenvalue weighted by Crippen LogP contribution is -2.27. The van der Waals surface area contributed by atoms with Crippen LogP contribution in [-0.4, -0.2) is 28.7 Å². The number of nitrogens with one attached hydrogen (secondary N) is 2. The first-order chi connectivity index (χ1) is 6.25. The number of H-pyrrole nitrogens is 1. The first kappa shape index (κ1) is 8.56. The monoisotopic (exact) mass is 181 g/mol. The van der Waals surface area contributed by atoms with E-state index in [1.165, 1.54) is 0 Å². The summed E-state index contributed by atoms with van der Waals surface area (Å²) in [5.41, 5.74) is 1.08. The summed E-state index contributed by atoms with van der Waals surface area (Å²) in [5, 5.41) is 3.32. The average molecular weight is 181 g/mol. The molecule has 1 aromatic rings. The van der Waals surface area contributed by atoms with E-state index >= 15 is 0 Å². The molecule has 13 heavy (non-hydrogen) atoms. The first-order valence-corrected chi connectivity index (χ1v) is 4.65. The standard InChI is InChI=1S/C9H15N3O/c1-6-5-10-9(11-6)12-8-3-4-13-7(8)2/h5,7-8H,3-4H2,1-2H3,(H2,10,11,12). The predicted octanol–water partition coefficient (Wildman–Crippen LogP) is 1.31. The topological polar surface area (TPSA) is 49.9 Å². The molecular weight excluding hydrogens is 166 g/mol. The summed E-state index contributed by atoms with van der Waals surface area (Å²) >= 11 is 0. The largest absolute Gasteiger partial charge is 0.376 e. The highest BCUT2D eigenvalue weighted by atomic mass is 16.5. The Balaban J connectivity index is 1.97. The van der Waals surface area contributed by atoms with Crippen molar-refractivity contribution < 1.29 is 4.74 Å². The molecule has 0 amide bonds.